The summed E-state index contributed by atoms with van der Waals surface area (Å²) >= 11 is 0. The lowest BCUT2D eigenvalue weighted by molar-refractivity contribution is -0.152. The molecule has 2 aliphatic heterocycles. The molecule has 4 rings (SSSR count). The maximum Gasteiger partial charge on any atom is 0.310 e. The van der Waals surface area contributed by atoms with Crippen LogP contribution in [0.3, 0.4) is 0 Å². The fourth-order valence-electron chi connectivity index (χ4n) is 4.39. The van der Waals surface area contributed by atoms with Crippen LogP contribution in [0, 0.1) is 18.8 Å². The van der Waals surface area contributed by atoms with Gasteiger partial charge in [-0.25, -0.2) is 4.98 Å². The van der Waals surface area contributed by atoms with E-state index in [4.69, 9.17) is 9.26 Å². The molecule has 2 aromatic heterocycles. The first-order chi connectivity index (χ1) is 15.0. The maximum absolute atomic E-state index is 13.2. The normalized spacial score (nSPS) is 21.7. The van der Waals surface area contributed by atoms with E-state index in [1.807, 2.05) is 24.0 Å². The summed E-state index contributed by atoms with van der Waals surface area (Å²) in [5, 5.41) is 3.81. The topological polar surface area (TPSA) is 102 Å². The highest BCUT2D eigenvalue weighted by molar-refractivity contribution is 5.81. The predicted octanol–water partition coefficient (Wildman–Crippen LogP) is 2.46. The number of pyridine rings is 1. The van der Waals surface area contributed by atoms with Crippen LogP contribution in [0.1, 0.15) is 38.4 Å². The standard InChI is InChI=1S/C22H29N5O4/c1-3-30-22(29)18-7-5-11-27(14-18)21(28)17-6-4-10-26(13-17)19-9-8-16(12-23-19)20-24-15(2)25-31-20/h8-9,12,17-18H,3-7,10-11,13-14H2,1-2H3/t17-,18-/m1/s1. The lowest BCUT2D eigenvalue weighted by atomic mass is 9.93. The highest BCUT2D eigenvalue weighted by Gasteiger charge is 2.34. The number of carbonyl (C=O) groups excluding carboxylic acids is 2. The Morgan fingerprint density at radius 1 is 1.16 bits per heavy atom. The Morgan fingerprint density at radius 3 is 2.68 bits per heavy atom. The summed E-state index contributed by atoms with van der Waals surface area (Å²) in [6, 6.07) is 3.84. The zero-order valence-electron chi connectivity index (χ0n) is 18.1. The van der Waals surface area contributed by atoms with Crippen LogP contribution in [0.25, 0.3) is 11.5 Å². The summed E-state index contributed by atoms with van der Waals surface area (Å²) in [5.41, 5.74) is 0.771. The van der Waals surface area contributed by atoms with E-state index < -0.39 is 0 Å². The lowest BCUT2D eigenvalue weighted by Crippen LogP contribution is -2.49. The first kappa shape index (κ1) is 21.3. The average molecular weight is 428 g/mol. The Bertz CT molecular complexity index is 913. The van der Waals surface area contributed by atoms with Gasteiger partial charge in [0.05, 0.1) is 24.0 Å². The molecule has 0 N–H and O–H groups in total. The van der Waals surface area contributed by atoms with E-state index in [0.717, 1.165) is 43.6 Å². The lowest BCUT2D eigenvalue weighted by Gasteiger charge is -2.38. The molecule has 0 unspecified atom stereocenters. The largest absolute Gasteiger partial charge is 0.466 e. The van der Waals surface area contributed by atoms with E-state index in [0.29, 0.717) is 38.0 Å². The quantitative estimate of drug-likeness (QED) is 0.671. The molecule has 1 amide bonds. The number of carbonyl (C=O) groups is 2. The molecule has 4 heterocycles. The van der Waals surface area contributed by atoms with Crippen molar-refractivity contribution >= 4 is 17.7 Å². The van der Waals surface area contributed by atoms with E-state index in [9.17, 15) is 9.59 Å². The zero-order valence-corrected chi connectivity index (χ0v) is 18.1. The van der Waals surface area contributed by atoms with Gasteiger partial charge in [0, 0.05) is 32.4 Å². The van der Waals surface area contributed by atoms with Gasteiger partial charge in [-0.05, 0) is 51.7 Å². The second-order valence-electron chi connectivity index (χ2n) is 8.21. The van der Waals surface area contributed by atoms with Gasteiger partial charge in [0.2, 0.25) is 5.91 Å². The molecular weight excluding hydrogens is 398 g/mol. The molecule has 0 aromatic carbocycles. The molecule has 2 aliphatic rings. The van der Waals surface area contributed by atoms with E-state index in [2.05, 4.69) is 20.0 Å². The first-order valence-electron chi connectivity index (χ1n) is 11.0. The Balaban J connectivity index is 1.39. The van der Waals surface area contributed by atoms with E-state index in [1.165, 1.54) is 0 Å². The molecule has 2 fully saturated rings. The van der Waals surface area contributed by atoms with Crippen LogP contribution in [0.2, 0.25) is 0 Å². The molecule has 0 radical (unpaired) electrons. The monoisotopic (exact) mass is 427 g/mol. The molecule has 0 saturated carbocycles. The van der Waals surface area contributed by atoms with Crippen LogP contribution in [-0.4, -0.2) is 64.7 Å². The summed E-state index contributed by atoms with van der Waals surface area (Å²) in [6.07, 6.45) is 5.13. The van der Waals surface area contributed by atoms with Crippen LogP contribution >= 0.6 is 0 Å². The highest BCUT2D eigenvalue weighted by Crippen LogP contribution is 2.27. The number of aromatic nitrogens is 3. The number of rotatable bonds is 5. The van der Waals surface area contributed by atoms with Crippen LogP contribution in [0.15, 0.2) is 22.9 Å². The van der Waals surface area contributed by atoms with Gasteiger partial charge in [-0.15, -0.1) is 0 Å². The molecule has 0 bridgehead atoms. The number of anilines is 1. The number of hydrogen-bond acceptors (Lipinski definition) is 8. The van der Waals surface area contributed by atoms with Crippen LogP contribution in [-0.2, 0) is 14.3 Å². The summed E-state index contributed by atoms with van der Waals surface area (Å²) in [4.78, 5) is 38.1. The summed E-state index contributed by atoms with van der Waals surface area (Å²) in [7, 11) is 0. The number of nitrogens with zero attached hydrogens (tertiary/aromatic N) is 5. The summed E-state index contributed by atoms with van der Waals surface area (Å²) < 4.78 is 10.4. The second-order valence-corrected chi connectivity index (χ2v) is 8.21. The Labute approximate surface area is 181 Å². The minimum Gasteiger partial charge on any atom is -0.466 e. The van der Waals surface area contributed by atoms with Crippen molar-refractivity contribution in [3.63, 3.8) is 0 Å². The third-order valence-electron chi connectivity index (χ3n) is 5.97. The number of likely N-dealkylation sites (tertiary alicyclic amines) is 1. The van der Waals surface area contributed by atoms with Crippen molar-refractivity contribution in [2.45, 2.75) is 39.5 Å². The number of hydrogen-bond donors (Lipinski definition) is 0. The van der Waals surface area contributed by atoms with Gasteiger partial charge in [-0.3, -0.25) is 9.59 Å². The SMILES string of the molecule is CCOC(=O)[C@@H]1CCCN(C(=O)[C@@H]2CCCN(c3ccc(-c4nc(C)no4)cn3)C2)C1. The van der Waals surface area contributed by atoms with E-state index in [1.54, 1.807) is 13.1 Å². The molecule has 0 spiro atoms. The number of esters is 1. The van der Waals surface area contributed by atoms with Gasteiger partial charge in [0.15, 0.2) is 5.82 Å². The molecular formula is C22H29N5O4. The van der Waals surface area contributed by atoms with Gasteiger partial charge in [0.1, 0.15) is 5.82 Å². The van der Waals surface area contributed by atoms with Gasteiger partial charge < -0.3 is 19.1 Å². The number of aryl methyl sites for hydroxylation is 1. The maximum atomic E-state index is 13.2. The van der Waals surface area contributed by atoms with Crippen molar-refractivity contribution in [1.82, 2.24) is 20.0 Å². The molecule has 2 aromatic rings. The van der Waals surface area contributed by atoms with Gasteiger partial charge in [-0.1, -0.05) is 5.16 Å². The van der Waals surface area contributed by atoms with Crippen molar-refractivity contribution < 1.29 is 18.8 Å². The van der Waals surface area contributed by atoms with E-state index in [-0.39, 0.29) is 23.7 Å². The molecule has 166 valence electrons. The third-order valence-corrected chi connectivity index (χ3v) is 5.97. The predicted molar refractivity (Wildman–Crippen MR) is 113 cm³/mol. The Hall–Kier alpha value is -2.97. The molecule has 9 heteroatoms. The Kier molecular flexibility index (Phi) is 6.48. The smallest absolute Gasteiger partial charge is 0.310 e. The molecule has 31 heavy (non-hydrogen) atoms. The van der Waals surface area contributed by atoms with Crippen molar-refractivity contribution in [2.24, 2.45) is 11.8 Å². The number of ether oxygens (including phenoxy) is 1. The summed E-state index contributed by atoms with van der Waals surface area (Å²) in [6.45, 7) is 6.62. The van der Waals surface area contributed by atoms with Gasteiger partial charge in [-0.2, -0.15) is 4.98 Å². The second kappa shape index (κ2) is 9.45. The van der Waals surface area contributed by atoms with E-state index >= 15 is 0 Å². The summed E-state index contributed by atoms with van der Waals surface area (Å²) in [5.74, 6) is 1.52. The van der Waals surface area contributed by atoms with Crippen LogP contribution in [0.4, 0.5) is 5.82 Å². The molecule has 0 aliphatic carbocycles. The van der Waals surface area contributed by atoms with Crippen molar-refractivity contribution in [3.05, 3.63) is 24.2 Å². The number of amides is 1. The zero-order chi connectivity index (χ0) is 21.8. The average Bonchev–Trinajstić information content (AvgIpc) is 3.25. The molecule has 9 nitrogen and oxygen atoms in total. The van der Waals surface area contributed by atoms with Crippen molar-refractivity contribution in [3.8, 4) is 11.5 Å². The van der Waals surface area contributed by atoms with Crippen LogP contribution in [0.5, 0.6) is 0 Å². The fraction of sp³-hybridized carbons (Fsp3) is 0.591. The Morgan fingerprint density at radius 2 is 1.97 bits per heavy atom. The minimum absolute atomic E-state index is 0.0882. The van der Waals surface area contributed by atoms with Crippen LogP contribution < -0.4 is 4.90 Å². The van der Waals surface area contributed by atoms with Gasteiger partial charge >= 0.3 is 5.97 Å². The van der Waals surface area contributed by atoms with Crippen molar-refractivity contribution in [1.29, 1.82) is 0 Å². The van der Waals surface area contributed by atoms with Gasteiger partial charge in [0.25, 0.3) is 5.89 Å². The first-order valence-corrected chi connectivity index (χ1v) is 11.0. The number of piperidine rings is 2. The third kappa shape index (κ3) is 4.86. The molecule has 2 atom stereocenters. The molecule has 2 saturated heterocycles. The minimum atomic E-state index is -0.208. The fourth-order valence-corrected chi connectivity index (χ4v) is 4.39. The highest BCUT2D eigenvalue weighted by atomic mass is 16.5. The van der Waals surface area contributed by atoms with Crippen molar-refractivity contribution in [2.75, 3.05) is 37.7 Å².